The van der Waals surface area contributed by atoms with E-state index in [1.54, 1.807) is 11.3 Å². The molecule has 0 saturated heterocycles. The van der Waals surface area contributed by atoms with Crippen molar-refractivity contribution in [2.45, 2.75) is 33.4 Å². The molecule has 0 atom stereocenters. The van der Waals surface area contributed by atoms with Crippen LogP contribution in [0.2, 0.25) is 0 Å². The molecule has 2 nitrogen and oxygen atoms in total. The Balaban J connectivity index is 2.23. The van der Waals surface area contributed by atoms with Crippen LogP contribution >= 0.6 is 11.3 Å². The number of aryl methyl sites for hydroxylation is 1. The van der Waals surface area contributed by atoms with Gasteiger partial charge in [-0.05, 0) is 24.6 Å². The molecule has 2 rings (SSSR count). The smallest absolute Gasteiger partial charge is 0.108 e. The minimum atomic E-state index is 0.513. The van der Waals surface area contributed by atoms with Crippen LogP contribution < -0.4 is 5.32 Å². The molecule has 1 heterocycles. The molecule has 1 N–H and O–H groups in total. The topological polar surface area (TPSA) is 24.9 Å². The van der Waals surface area contributed by atoms with E-state index in [2.05, 4.69) is 49.3 Å². The molecule has 0 bridgehead atoms. The Labute approximate surface area is 94.3 Å². The monoisotopic (exact) mass is 220 g/mol. The van der Waals surface area contributed by atoms with Gasteiger partial charge in [0, 0.05) is 12.6 Å². The summed E-state index contributed by atoms with van der Waals surface area (Å²) in [4.78, 5) is 4.58. The third-order valence-corrected chi connectivity index (χ3v) is 3.27. The van der Waals surface area contributed by atoms with Crippen LogP contribution in [-0.2, 0) is 6.54 Å². The Morgan fingerprint density at radius 2 is 2.20 bits per heavy atom. The van der Waals surface area contributed by atoms with Gasteiger partial charge in [0.2, 0.25) is 0 Å². The molecule has 0 spiro atoms. The summed E-state index contributed by atoms with van der Waals surface area (Å²) in [6.07, 6.45) is 0. The lowest BCUT2D eigenvalue weighted by Gasteiger charge is -2.04. The Hall–Kier alpha value is -0.930. The molecule has 0 aliphatic rings. The number of hydrogen-bond acceptors (Lipinski definition) is 3. The van der Waals surface area contributed by atoms with Gasteiger partial charge in [-0.2, -0.15) is 0 Å². The lowest BCUT2D eigenvalue weighted by atomic mass is 10.2. The van der Waals surface area contributed by atoms with Crippen LogP contribution in [0.5, 0.6) is 0 Å². The average Bonchev–Trinajstić information content (AvgIpc) is 2.56. The van der Waals surface area contributed by atoms with Gasteiger partial charge in [0.05, 0.1) is 10.2 Å². The summed E-state index contributed by atoms with van der Waals surface area (Å²) >= 11 is 1.78. The highest BCUT2D eigenvalue weighted by molar-refractivity contribution is 7.18. The van der Waals surface area contributed by atoms with Gasteiger partial charge in [0.25, 0.3) is 0 Å². The summed E-state index contributed by atoms with van der Waals surface area (Å²) in [5.74, 6) is 0. The molecule has 1 aromatic heterocycles. The maximum absolute atomic E-state index is 4.58. The minimum absolute atomic E-state index is 0.513. The molecule has 0 aliphatic heterocycles. The number of benzene rings is 1. The second-order valence-corrected chi connectivity index (χ2v) is 5.23. The molecule has 0 saturated carbocycles. The summed E-state index contributed by atoms with van der Waals surface area (Å²) in [5.41, 5.74) is 2.42. The largest absolute Gasteiger partial charge is 0.308 e. The Bertz CT molecular complexity index is 460. The van der Waals surface area contributed by atoms with Gasteiger partial charge in [0.15, 0.2) is 0 Å². The van der Waals surface area contributed by atoms with Crippen LogP contribution in [0, 0.1) is 6.92 Å². The van der Waals surface area contributed by atoms with Crippen molar-refractivity contribution in [3.8, 4) is 0 Å². The Kier molecular flexibility index (Phi) is 3.03. The Morgan fingerprint density at radius 1 is 1.40 bits per heavy atom. The molecule has 2 aromatic rings. The van der Waals surface area contributed by atoms with Gasteiger partial charge >= 0.3 is 0 Å². The maximum atomic E-state index is 4.58. The lowest BCUT2D eigenvalue weighted by molar-refractivity contribution is 0.588. The highest BCUT2D eigenvalue weighted by Gasteiger charge is 2.03. The molecular weight excluding hydrogens is 204 g/mol. The zero-order valence-corrected chi connectivity index (χ0v) is 10.2. The number of fused-ring (bicyclic) bond motifs is 1. The summed E-state index contributed by atoms with van der Waals surface area (Å²) in [5, 5.41) is 4.56. The third-order valence-electron chi connectivity index (χ3n) is 2.25. The lowest BCUT2D eigenvalue weighted by Crippen LogP contribution is -2.21. The summed E-state index contributed by atoms with van der Waals surface area (Å²) in [6.45, 7) is 7.29. The van der Waals surface area contributed by atoms with Crippen molar-refractivity contribution in [2.75, 3.05) is 0 Å². The highest BCUT2D eigenvalue weighted by atomic mass is 32.1. The first-order chi connectivity index (χ1) is 7.15. The van der Waals surface area contributed by atoms with Crippen LogP contribution in [0.25, 0.3) is 10.2 Å². The maximum Gasteiger partial charge on any atom is 0.108 e. The fraction of sp³-hybridized carbons (Fsp3) is 0.417. The molecule has 1 aromatic carbocycles. The van der Waals surface area contributed by atoms with Crippen molar-refractivity contribution in [1.82, 2.24) is 10.3 Å². The fourth-order valence-electron chi connectivity index (χ4n) is 1.45. The number of thiazole rings is 1. The number of aromatic nitrogens is 1. The molecule has 0 amide bonds. The van der Waals surface area contributed by atoms with Crippen molar-refractivity contribution in [3.63, 3.8) is 0 Å². The SMILES string of the molecule is Cc1ccc2nc(CNC(C)C)sc2c1. The molecule has 80 valence electrons. The van der Waals surface area contributed by atoms with E-state index in [1.165, 1.54) is 15.3 Å². The number of rotatable bonds is 3. The zero-order valence-electron chi connectivity index (χ0n) is 9.37. The molecule has 15 heavy (non-hydrogen) atoms. The van der Waals surface area contributed by atoms with Crippen molar-refractivity contribution in [1.29, 1.82) is 0 Å². The van der Waals surface area contributed by atoms with Gasteiger partial charge in [-0.1, -0.05) is 19.9 Å². The van der Waals surface area contributed by atoms with Crippen molar-refractivity contribution in [2.24, 2.45) is 0 Å². The van der Waals surface area contributed by atoms with E-state index >= 15 is 0 Å². The van der Waals surface area contributed by atoms with E-state index in [0.717, 1.165) is 12.1 Å². The molecule has 0 radical (unpaired) electrons. The summed E-state index contributed by atoms with van der Waals surface area (Å²) in [7, 11) is 0. The predicted molar refractivity (Wildman–Crippen MR) is 66.3 cm³/mol. The summed E-state index contributed by atoms with van der Waals surface area (Å²) in [6, 6.07) is 6.92. The van der Waals surface area contributed by atoms with Gasteiger partial charge in [-0.25, -0.2) is 4.98 Å². The quantitative estimate of drug-likeness (QED) is 0.859. The van der Waals surface area contributed by atoms with Crippen LogP contribution in [0.1, 0.15) is 24.4 Å². The minimum Gasteiger partial charge on any atom is -0.308 e. The Morgan fingerprint density at radius 3 is 2.93 bits per heavy atom. The summed E-state index contributed by atoms with van der Waals surface area (Å²) < 4.78 is 1.29. The van der Waals surface area contributed by atoms with Crippen LogP contribution in [0.4, 0.5) is 0 Å². The van der Waals surface area contributed by atoms with E-state index in [-0.39, 0.29) is 0 Å². The van der Waals surface area contributed by atoms with Gasteiger partial charge in [-0.15, -0.1) is 11.3 Å². The first-order valence-electron chi connectivity index (χ1n) is 5.24. The molecule has 0 aliphatic carbocycles. The first kappa shape index (κ1) is 10.6. The standard InChI is InChI=1S/C12H16N2S/c1-8(2)13-7-12-14-10-5-4-9(3)6-11(10)15-12/h4-6,8,13H,7H2,1-3H3. The molecule has 3 heteroatoms. The second-order valence-electron chi connectivity index (χ2n) is 4.11. The van der Waals surface area contributed by atoms with Crippen molar-refractivity contribution >= 4 is 21.6 Å². The van der Waals surface area contributed by atoms with E-state index < -0.39 is 0 Å². The molecule has 0 fully saturated rings. The molecule has 0 unspecified atom stereocenters. The van der Waals surface area contributed by atoms with E-state index in [4.69, 9.17) is 0 Å². The van der Waals surface area contributed by atoms with E-state index in [1.807, 2.05) is 0 Å². The first-order valence-corrected chi connectivity index (χ1v) is 6.06. The normalized spacial score (nSPS) is 11.5. The average molecular weight is 220 g/mol. The van der Waals surface area contributed by atoms with Crippen molar-refractivity contribution < 1.29 is 0 Å². The fourth-order valence-corrected chi connectivity index (χ4v) is 2.46. The molecular formula is C12H16N2S. The number of nitrogens with one attached hydrogen (secondary N) is 1. The van der Waals surface area contributed by atoms with E-state index in [0.29, 0.717) is 6.04 Å². The number of hydrogen-bond donors (Lipinski definition) is 1. The van der Waals surface area contributed by atoms with E-state index in [9.17, 15) is 0 Å². The van der Waals surface area contributed by atoms with Gasteiger partial charge in [-0.3, -0.25) is 0 Å². The second kappa shape index (κ2) is 4.29. The number of nitrogens with zero attached hydrogens (tertiary/aromatic N) is 1. The predicted octanol–water partition coefficient (Wildman–Crippen LogP) is 3.10. The van der Waals surface area contributed by atoms with Crippen LogP contribution in [0.3, 0.4) is 0 Å². The van der Waals surface area contributed by atoms with Gasteiger partial charge < -0.3 is 5.32 Å². The van der Waals surface area contributed by atoms with Crippen molar-refractivity contribution in [3.05, 3.63) is 28.8 Å². The van der Waals surface area contributed by atoms with Gasteiger partial charge in [0.1, 0.15) is 5.01 Å². The highest BCUT2D eigenvalue weighted by Crippen LogP contribution is 2.22. The van der Waals surface area contributed by atoms with Crippen LogP contribution in [-0.4, -0.2) is 11.0 Å². The van der Waals surface area contributed by atoms with Crippen LogP contribution in [0.15, 0.2) is 18.2 Å². The zero-order chi connectivity index (χ0) is 10.8. The third kappa shape index (κ3) is 2.55.